The van der Waals surface area contributed by atoms with Crippen LogP contribution in [0.4, 0.5) is 0 Å². The fourth-order valence-corrected chi connectivity index (χ4v) is 8.98. The highest BCUT2D eigenvalue weighted by molar-refractivity contribution is 5.89. The van der Waals surface area contributed by atoms with Crippen LogP contribution < -0.4 is 0 Å². The van der Waals surface area contributed by atoms with Crippen molar-refractivity contribution in [2.24, 2.45) is 34.5 Å². The van der Waals surface area contributed by atoms with Gasteiger partial charge in [-0.3, -0.25) is 19.2 Å². The standard InChI is InChI=1S/C27H40O7/c1-15(28)27(34-18(4)31)12-9-22-20-14-24(33-17(3)30)23-13-19(32-16(2)29)7-10-25(23,5)21(20)8-11-26(22,27)6/h19-24H,7-14H2,1-6H3/t19-,20+,21-,22-,23-,24-,25+,26-,27-/m0/s1. The SMILES string of the molecule is CC(=O)O[C@H]1CC[C@]2(C)[C@H]3CC[C@@]4(C)[C@@H](CC[C@]4(OC(C)=O)C(C)=O)[C@@H]3C[C@H](OC(C)=O)[C@@H]2C1. The number of carbonyl (C=O) groups is 4. The van der Waals surface area contributed by atoms with Gasteiger partial charge in [0.05, 0.1) is 0 Å². The first kappa shape index (κ1) is 25.2. The molecule has 0 bridgehead atoms. The molecule has 0 radical (unpaired) electrons. The van der Waals surface area contributed by atoms with E-state index in [1.54, 1.807) is 6.92 Å². The van der Waals surface area contributed by atoms with Gasteiger partial charge in [0.25, 0.3) is 0 Å². The van der Waals surface area contributed by atoms with Crippen LogP contribution in [0.15, 0.2) is 0 Å². The van der Waals surface area contributed by atoms with Crippen molar-refractivity contribution in [2.75, 3.05) is 0 Å². The zero-order valence-electron chi connectivity index (χ0n) is 21.5. The summed E-state index contributed by atoms with van der Waals surface area (Å²) in [6, 6.07) is 0. The molecule has 0 aromatic carbocycles. The second-order valence-corrected chi connectivity index (χ2v) is 11.9. The molecule has 4 aliphatic carbocycles. The monoisotopic (exact) mass is 476 g/mol. The number of ether oxygens (including phenoxy) is 3. The molecule has 4 fully saturated rings. The van der Waals surface area contributed by atoms with E-state index in [4.69, 9.17) is 14.2 Å². The van der Waals surface area contributed by atoms with Gasteiger partial charge < -0.3 is 14.2 Å². The molecule has 0 saturated heterocycles. The van der Waals surface area contributed by atoms with Crippen molar-refractivity contribution < 1.29 is 33.4 Å². The molecular weight excluding hydrogens is 436 g/mol. The lowest BCUT2D eigenvalue weighted by Gasteiger charge is -2.63. The Morgan fingerprint density at radius 1 is 0.706 bits per heavy atom. The van der Waals surface area contributed by atoms with E-state index >= 15 is 0 Å². The van der Waals surface area contributed by atoms with Gasteiger partial charge in [-0.25, -0.2) is 0 Å². The van der Waals surface area contributed by atoms with Crippen molar-refractivity contribution in [3.8, 4) is 0 Å². The fraction of sp³-hybridized carbons (Fsp3) is 0.852. The zero-order valence-corrected chi connectivity index (χ0v) is 21.5. The van der Waals surface area contributed by atoms with Crippen LogP contribution in [-0.2, 0) is 33.4 Å². The van der Waals surface area contributed by atoms with Gasteiger partial charge in [-0.2, -0.15) is 0 Å². The van der Waals surface area contributed by atoms with Crippen LogP contribution in [0.3, 0.4) is 0 Å². The average molecular weight is 477 g/mol. The fourth-order valence-electron chi connectivity index (χ4n) is 8.98. The lowest BCUT2D eigenvalue weighted by molar-refractivity contribution is -0.210. The summed E-state index contributed by atoms with van der Waals surface area (Å²) < 4.78 is 17.4. The third kappa shape index (κ3) is 3.78. The molecule has 0 unspecified atom stereocenters. The van der Waals surface area contributed by atoms with E-state index in [0.29, 0.717) is 18.8 Å². The number of hydrogen-bond donors (Lipinski definition) is 0. The molecular formula is C27H40O7. The minimum Gasteiger partial charge on any atom is -0.463 e. The summed E-state index contributed by atoms with van der Waals surface area (Å²) in [4.78, 5) is 48.7. The number of ketones is 1. The molecule has 9 atom stereocenters. The van der Waals surface area contributed by atoms with Crippen LogP contribution in [0, 0.1) is 34.5 Å². The molecule has 190 valence electrons. The highest BCUT2D eigenvalue weighted by Gasteiger charge is 2.69. The van der Waals surface area contributed by atoms with E-state index in [2.05, 4.69) is 13.8 Å². The van der Waals surface area contributed by atoms with E-state index in [0.717, 1.165) is 38.5 Å². The molecule has 4 aliphatic rings. The summed E-state index contributed by atoms with van der Waals surface area (Å²) in [5.74, 6) is 0.0392. The molecule has 0 aromatic heterocycles. The van der Waals surface area contributed by atoms with Crippen LogP contribution >= 0.6 is 0 Å². The quantitative estimate of drug-likeness (QED) is 0.438. The summed E-state index contributed by atoms with van der Waals surface area (Å²) in [6.07, 6.45) is 5.97. The van der Waals surface area contributed by atoms with E-state index in [-0.39, 0.29) is 53.1 Å². The van der Waals surface area contributed by atoms with E-state index in [1.807, 2.05) is 0 Å². The molecule has 0 aliphatic heterocycles. The van der Waals surface area contributed by atoms with Gasteiger partial charge in [-0.1, -0.05) is 13.8 Å². The normalized spacial score (nSPS) is 45.2. The lowest BCUT2D eigenvalue weighted by Crippen LogP contribution is -2.62. The Bertz CT molecular complexity index is 882. The molecule has 7 heteroatoms. The van der Waals surface area contributed by atoms with Crippen LogP contribution in [0.1, 0.15) is 92.9 Å². The number of esters is 3. The summed E-state index contributed by atoms with van der Waals surface area (Å²) in [5.41, 5.74) is -1.54. The van der Waals surface area contributed by atoms with Crippen molar-refractivity contribution in [1.82, 2.24) is 0 Å². The van der Waals surface area contributed by atoms with Gasteiger partial charge in [0.2, 0.25) is 0 Å². The predicted octanol–water partition coefficient (Wildman–Crippen LogP) is 4.39. The van der Waals surface area contributed by atoms with Crippen LogP contribution in [0.5, 0.6) is 0 Å². The lowest BCUT2D eigenvalue weighted by atomic mass is 9.43. The summed E-state index contributed by atoms with van der Waals surface area (Å²) in [5, 5.41) is 0. The molecule has 0 spiro atoms. The van der Waals surface area contributed by atoms with Crippen molar-refractivity contribution >= 4 is 23.7 Å². The van der Waals surface area contributed by atoms with Crippen molar-refractivity contribution in [3.05, 3.63) is 0 Å². The van der Waals surface area contributed by atoms with Gasteiger partial charge in [0.15, 0.2) is 11.4 Å². The summed E-state index contributed by atoms with van der Waals surface area (Å²) in [7, 11) is 0. The number of Topliss-reactive ketones (excluding diaryl/α,β-unsaturated/α-hetero) is 1. The molecule has 0 heterocycles. The minimum absolute atomic E-state index is 0.0378. The number of hydrogen-bond acceptors (Lipinski definition) is 7. The van der Waals surface area contributed by atoms with Crippen LogP contribution in [-0.4, -0.2) is 41.5 Å². The zero-order chi connectivity index (χ0) is 25.1. The number of fused-ring (bicyclic) bond motifs is 5. The minimum atomic E-state index is -1.07. The Kier molecular flexibility index (Phi) is 6.39. The first-order valence-corrected chi connectivity index (χ1v) is 12.9. The smallest absolute Gasteiger partial charge is 0.303 e. The van der Waals surface area contributed by atoms with E-state index in [9.17, 15) is 19.2 Å². The molecule has 0 aromatic rings. The Labute approximate surface area is 202 Å². The maximum Gasteiger partial charge on any atom is 0.303 e. The van der Waals surface area contributed by atoms with E-state index < -0.39 is 17.0 Å². The third-order valence-electron chi connectivity index (χ3n) is 10.3. The Hall–Kier alpha value is -1.92. The first-order chi connectivity index (χ1) is 15.8. The van der Waals surface area contributed by atoms with Crippen molar-refractivity contribution in [1.29, 1.82) is 0 Å². The van der Waals surface area contributed by atoms with Crippen LogP contribution in [0.25, 0.3) is 0 Å². The topological polar surface area (TPSA) is 96.0 Å². The maximum atomic E-state index is 13.0. The molecule has 4 saturated carbocycles. The second-order valence-electron chi connectivity index (χ2n) is 11.9. The van der Waals surface area contributed by atoms with Gasteiger partial charge in [-0.15, -0.1) is 0 Å². The molecule has 7 nitrogen and oxygen atoms in total. The highest BCUT2D eigenvalue weighted by Crippen LogP contribution is 2.69. The van der Waals surface area contributed by atoms with Gasteiger partial charge in [-0.05, 0) is 81.5 Å². The van der Waals surface area contributed by atoms with Gasteiger partial charge in [0.1, 0.15) is 12.2 Å². The van der Waals surface area contributed by atoms with Crippen molar-refractivity contribution in [3.63, 3.8) is 0 Å². The first-order valence-electron chi connectivity index (χ1n) is 12.9. The van der Waals surface area contributed by atoms with Crippen molar-refractivity contribution in [2.45, 2.75) is 111 Å². The van der Waals surface area contributed by atoms with Gasteiger partial charge >= 0.3 is 17.9 Å². The largest absolute Gasteiger partial charge is 0.463 e. The Morgan fingerprint density at radius 2 is 1.35 bits per heavy atom. The Balaban J connectivity index is 1.69. The molecule has 4 rings (SSSR count). The number of carbonyl (C=O) groups excluding carboxylic acids is 4. The number of rotatable bonds is 4. The summed E-state index contributed by atoms with van der Waals surface area (Å²) in [6.45, 7) is 10.3. The van der Waals surface area contributed by atoms with E-state index in [1.165, 1.54) is 20.8 Å². The van der Waals surface area contributed by atoms with Crippen LogP contribution in [0.2, 0.25) is 0 Å². The molecule has 0 amide bonds. The Morgan fingerprint density at radius 3 is 1.94 bits per heavy atom. The summed E-state index contributed by atoms with van der Waals surface area (Å²) >= 11 is 0. The molecule has 0 N–H and O–H groups in total. The highest BCUT2D eigenvalue weighted by atomic mass is 16.6. The van der Waals surface area contributed by atoms with Gasteiger partial charge in [0, 0.05) is 32.1 Å². The third-order valence-corrected chi connectivity index (χ3v) is 10.3. The maximum absolute atomic E-state index is 13.0. The molecule has 34 heavy (non-hydrogen) atoms. The second kappa shape index (κ2) is 8.63. The average Bonchev–Trinajstić information content (AvgIpc) is 3.01. The predicted molar refractivity (Wildman–Crippen MR) is 123 cm³/mol.